The molecule has 0 amide bonds. The van der Waals surface area contributed by atoms with Gasteiger partial charge in [0, 0.05) is 11.1 Å². The van der Waals surface area contributed by atoms with E-state index in [1.54, 1.807) is 0 Å². The quantitative estimate of drug-likeness (QED) is 0.261. The van der Waals surface area contributed by atoms with E-state index in [2.05, 4.69) is 18.0 Å². The molecule has 0 radical (unpaired) electrons. The Labute approximate surface area is 179 Å². The highest BCUT2D eigenvalue weighted by molar-refractivity contribution is 7.11. The molecule has 0 aliphatic heterocycles. The maximum atomic E-state index is 9.50. The van der Waals surface area contributed by atoms with Crippen LogP contribution in [-0.4, -0.2) is 18.2 Å². The van der Waals surface area contributed by atoms with Crippen molar-refractivity contribution >= 4 is 23.0 Å². The number of hydrogen-bond acceptors (Lipinski definition) is 5. The van der Waals surface area contributed by atoms with E-state index >= 15 is 0 Å². The summed E-state index contributed by atoms with van der Waals surface area (Å²) in [6.45, 7) is 7.40. The van der Waals surface area contributed by atoms with Crippen molar-refractivity contribution in [2.75, 3.05) is 13.2 Å². The molecule has 29 heavy (non-hydrogen) atoms. The first kappa shape index (κ1) is 23.0. The first-order chi connectivity index (χ1) is 14.2. The highest BCUT2D eigenvalue weighted by Crippen LogP contribution is 2.31. The third-order valence-electron chi connectivity index (χ3n) is 4.55. The van der Waals surface area contributed by atoms with E-state index < -0.39 is 0 Å². The first-order valence-corrected chi connectivity index (χ1v) is 11.5. The average molecular weight is 413 g/mol. The summed E-state index contributed by atoms with van der Waals surface area (Å²) < 4.78 is 11.7. The number of aromatic nitrogens is 1. The monoisotopic (exact) mass is 412 g/mol. The van der Waals surface area contributed by atoms with E-state index in [0.29, 0.717) is 18.8 Å². The number of unbranched alkanes of at least 4 members (excludes halogenated alkanes) is 6. The Morgan fingerprint density at radius 2 is 1.83 bits per heavy atom. The summed E-state index contributed by atoms with van der Waals surface area (Å²) in [7, 11) is 0. The molecule has 2 aromatic rings. The van der Waals surface area contributed by atoms with Gasteiger partial charge in [-0.25, -0.2) is 4.98 Å². The topological polar surface area (TPSA) is 55.1 Å². The predicted molar refractivity (Wildman–Crippen MR) is 121 cm³/mol. The van der Waals surface area contributed by atoms with Gasteiger partial charge in [0.2, 0.25) is 0 Å². The summed E-state index contributed by atoms with van der Waals surface area (Å²) in [5.41, 5.74) is 2.39. The molecule has 1 aromatic carbocycles. The molecular formula is C24H32N2O2S. The number of thiazole rings is 1. The van der Waals surface area contributed by atoms with Crippen molar-refractivity contribution in [2.24, 2.45) is 0 Å². The van der Waals surface area contributed by atoms with E-state index in [4.69, 9.17) is 9.47 Å². The first-order valence-electron chi connectivity index (χ1n) is 10.6. The Kier molecular flexibility index (Phi) is 10.3. The van der Waals surface area contributed by atoms with Gasteiger partial charge >= 0.3 is 0 Å². The summed E-state index contributed by atoms with van der Waals surface area (Å²) in [6.07, 6.45) is 10.7. The molecule has 1 heterocycles. The smallest absolute Gasteiger partial charge is 0.161 e. The Hall–Kier alpha value is -2.32. The van der Waals surface area contributed by atoms with E-state index in [0.717, 1.165) is 34.2 Å². The molecule has 5 heteroatoms. The van der Waals surface area contributed by atoms with Crippen LogP contribution in [-0.2, 0) is 0 Å². The van der Waals surface area contributed by atoms with Crippen molar-refractivity contribution in [3.63, 3.8) is 0 Å². The summed E-state index contributed by atoms with van der Waals surface area (Å²) in [5.74, 6) is 1.48. The molecule has 0 saturated carbocycles. The molecule has 0 saturated heterocycles. The predicted octanol–water partition coefficient (Wildman–Crippen LogP) is 7.04. The molecule has 156 valence electrons. The summed E-state index contributed by atoms with van der Waals surface area (Å²) in [6, 6.07) is 8.07. The van der Waals surface area contributed by atoms with Crippen LogP contribution in [0.4, 0.5) is 0 Å². The lowest BCUT2D eigenvalue weighted by molar-refractivity contribution is 0.270. The number of benzene rings is 1. The van der Waals surface area contributed by atoms with E-state index in [1.165, 1.54) is 49.9 Å². The van der Waals surface area contributed by atoms with Crippen molar-refractivity contribution in [1.29, 1.82) is 5.26 Å². The Balaban J connectivity index is 1.97. The zero-order chi connectivity index (χ0) is 20.9. The molecule has 0 spiro atoms. The van der Waals surface area contributed by atoms with Gasteiger partial charge in [0.1, 0.15) is 11.1 Å². The molecule has 0 aliphatic carbocycles. The average Bonchev–Trinajstić information content (AvgIpc) is 3.15. The minimum atomic E-state index is 0.558. The second-order valence-corrected chi connectivity index (χ2v) is 7.93. The highest BCUT2D eigenvalue weighted by atomic mass is 32.1. The number of nitriles is 1. The van der Waals surface area contributed by atoms with Gasteiger partial charge in [0.15, 0.2) is 11.5 Å². The van der Waals surface area contributed by atoms with Crippen LogP contribution in [0.1, 0.15) is 75.1 Å². The van der Waals surface area contributed by atoms with Crippen LogP contribution in [0.2, 0.25) is 0 Å². The molecule has 0 N–H and O–H groups in total. The minimum Gasteiger partial charge on any atom is -0.490 e. The second kappa shape index (κ2) is 13.0. The molecule has 2 rings (SSSR count). The zero-order valence-electron chi connectivity index (χ0n) is 17.9. The van der Waals surface area contributed by atoms with Crippen molar-refractivity contribution in [3.8, 4) is 17.6 Å². The van der Waals surface area contributed by atoms with Gasteiger partial charge in [-0.3, -0.25) is 0 Å². The standard InChI is InChI=1S/C24H32N2O2S/c1-4-6-7-8-9-10-11-14-28-22-13-12-20(16-23(22)27-5-2)15-21(17-25)24-26-19(3)18-29-24/h12-13,15-16,18H,4-11,14H2,1-3H3/b21-15-. The fourth-order valence-corrected chi connectivity index (χ4v) is 3.79. The minimum absolute atomic E-state index is 0.558. The fraction of sp³-hybridized carbons (Fsp3) is 0.500. The van der Waals surface area contributed by atoms with Crippen molar-refractivity contribution in [2.45, 2.75) is 65.7 Å². The maximum absolute atomic E-state index is 9.50. The van der Waals surface area contributed by atoms with Crippen LogP contribution in [0.25, 0.3) is 11.6 Å². The van der Waals surface area contributed by atoms with E-state index in [1.807, 2.05) is 43.5 Å². The Bertz CT molecular complexity index is 821. The number of rotatable bonds is 13. The molecule has 1 aromatic heterocycles. The number of ether oxygens (including phenoxy) is 2. The van der Waals surface area contributed by atoms with Crippen LogP contribution in [0.5, 0.6) is 11.5 Å². The zero-order valence-corrected chi connectivity index (χ0v) is 18.7. The normalized spacial score (nSPS) is 11.3. The summed E-state index contributed by atoms with van der Waals surface area (Å²) in [5, 5.41) is 12.2. The lowest BCUT2D eigenvalue weighted by Gasteiger charge is -2.13. The number of nitrogens with zero attached hydrogens (tertiary/aromatic N) is 2. The molecule has 4 nitrogen and oxygen atoms in total. The fourth-order valence-electron chi connectivity index (χ4n) is 3.03. The largest absolute Gasteiger partial charge is 0.490 e. The van der Waals surface area contributed by atoms with Gasteiger partial charge in [0.25, 0.3) is 0 Å². The van der Waals surface area contributed by atoms with Crippen LogP contribution >= 0.6 is 11.3 Å². The molecule has 0 aliphatic rings. The van der Waals surface area contributed by atoms with Gasteiger partial charge < -0.3 is 9.47 Å². The van der Waals surface area contributed by atoms with Crippen molar-refractivity contribution in [1.82, 2.24) is 4.98 Å². The molecule has 0 fully saturated rings. The van der Waals surface area contributed by atoms with Gasteiger partial charge in [-0.05, 0) is 44.0 Å². The SMILES string of the molecule is CCCCCCCCCOc1ccc(/C=C(/C#N)c2nc(C)cs2)cc1OCC. The highest BCUT2D eigenvalue weighted by Gasteiger charge is 2.09. The van der Waals surface area contributed by atoms with Crippen LogP contribution in [0, 0.1) is 18.3 Å². The molecule has 0 bridgehead atoms. The molecular weight excluding hydrogens is 380 g/mol. The van der Waals surface area contributed by atoms with Gasteiger partial charge in [-0.15, -0.1) is 11.3 Å². The number of aryl methyl sites for hydroxylation is 1. The molecule has 0 atom stereocenters. The van der Waals surface area contributed by atoms with E-state index in [-0.39, 0.29) is 0 Å². The molecule has 0 unspecified atom stereocenters. The van der Waals surface area contributed by atoms with Crippen molar-refractivity contribution in [3.05, 3.63) is 39.8 Å². The van der Waals surface area contributed by atoms with Crippen LogP contribution in [0.3, 0.4) is 0 Å². The van der Waals surface area contributed by atoms with Crippen LogP contribution in [0.15, 0.2) is 23.6 Å². The maximum Gasteiger partial charge on any atom is 0.161 e. The number of hydrogen-bond donors (Lipinski definition) is 0. The summed E-state index contributed by atoms with van der Waals surface area (Å²) in [4.78, 5) is 4.41. The second-order valence-electron chi connectivity index (χ2n) is 7.07. The number of allylic oxidation sites excluding steroid dienone is 1. The Morgan fingerprint density at radius 1 is 1.07 bits per heavy atom. The summed E-state index contributed by atoms with van der Waals surface area (Å²) >= 11 is 1.48. The third kappa shape index (κ3) is 7.91. The lowest BCUT2D eigenvalue weighted by atomic mass is 10.1. The lowest BCUT2D eigenvalue weighted by Crippen LogP contribution is -2.01. The van der Waals surface area contributed by atoms with Gasteiger partial charge in [-0.1, -0.05) is 51.5 Å². The van der Waals surface area contributed by atoms with Gasteiger partial charge in [0.05, 0.1) is 18.8 Å². The Morgan fingerprint density at radius 3 is 2.48 bits per heavy atom. The van der Waals surface area contributed by atoms with Gasteiger partial charge in [-0.2, -0.15) is 5.26 Å². The third-order valence-corrected chi connectivity index (χ3v) is 5.55. The van der Waals surface area contributed by atoms with Crippen LogP contribution < -0.4 is 9.47 Å². The van der Waals surface area contributed by atoms with E-state index in [9.17, 15) is 5.26 Å². The van der Waals surface area contributed by atoms with Crippen molar-refractivity contribution < 1.29 is 9.47 Å².